The average Bonchev–Trinajstić information content (AvgIpc) is 3.48. The van der Waals surface area contributed by atoms with Gasteiger partial charge in [0.2, 0.25) is 5.91 Å². The summed E-state index contributed by atoms with van der Waals surface area (Å²) < 4.78 is 7.55. The highest BCUT2D eigenvalue weighted by Crippen LogP contribution is 2.32. The van der Waals surface area contributed by atoms with E-state index in [0.29, 0.717) is 27.9 Å². The van der Waals surface area contributed by atoms with E-state index in [1.807, 2.05) is 19.3 Å². The van der Waals surface area contributed by atoms with Crippen molar-refractivity contribution in [2.75, 3.05) is 10.6 Å². The zero-order valence-corrected chi connectivity index (χ0v) is 17.8. The van der Waals surface area contributed by atoms with Gasteiger partial charge in [-0.05, 0) is 24.3 Å². The molecule has 1 aromatic carbocycles. The molecule has 0 aliphatic rings. The Bertz CT molecular complexity index is 1450. The number of aryl methyl sites for hydroxylation is 1. The molecule has 0 saturated carbocycles. The number of anilines is 3. The third-order valence-electron chi connectivity index (χ3n) is 4.76. The number of hydrogen-bond donors (Lipinski definition) is 3. The second-order valence-electron chi connectivity index (χ2n) is 7.14. The van der Waals surface area contributed by atoms with Gasteiger partial charge in [0.15, 0.2) is 0 Å². The van der Waals surface area contributed by atoms with Gasteiger partial charge in [-0.1, -0.05) is 16.7 Å². The van der Waals surface area contributed by atoms with Crippen LogP contribution in [-0.2, 0) is 11.8 Å². The summed E-state index contributed by atoms with van der Waals surface area (Å²) in [4.78, 5) is 18.8. The van der Waals surface area contributed by atoms with Gasteiger partial charge in [0.05, 0.1) is 22.5 Å². The molecule has 0 aliphatic carbocycles. The van der Waals surface area contributed by atoms with Crippen molar-refractivity contribution in [1.29, 1.82) is 0 Å². The zero-order chi connectivity index (χ0) is 22.2. The lowest BCUT2D eigenvalue weighted by molar-refractivity contribution is -0.114. The maximum atomic E-state index is 11.2. The fourth-order valence-electron chi connectivity index (χ4n) is 3.30. The SMILES string of the molecule is CC(=O)Nc1ccc(Nc2nnc(-c3c[nH]c4ncc(-c5cnn(C)c5)cc34)o2)c(Cl)c1. The van der Waals surface area contributed by atoms with Crippen LogP contribution in [0, 0.1) is 0 Å². The lowest BCUT2D eigenvalue weighted by Crippen LogP contribution is -2.05. The van der Waals surface area contributed by atoms with Crippen LogP contribution >= 0.6 is 11.6 Å². The number of amides is 1. The minimum atomic E-state index is -0.178. The summed E-state index contributed by atoms with van der Waals surface area (Å²) in [5, 5.41) is 19.4. The minimum Gasteiger partial charge on any atom is -0.403 e. The molecular formula is C21H17ClN8O2. The lowest BCUT2D eigenvalue weighted by atomic mass is 10.1. The smallest absolute Gasteiger partial charge is 0.320 e. The average molecular weight is 449 g/mol. The molecule has 4 aromatic heterocycles. The largest absolute Gasteiger partial charge is 0.403 e. The van der Waals surface area contributed by atoms with E-state index in [1.54, 1.807) is 41.5 Å². The van der Waals surface area contributed by atoms with Crippen molar-refractivity contribution in [3.05, 3.63) is 54.1 Å². The molecule has 160 valence electrons. The maximum absolute atomic E-state index is 11.2. The normalized spacial score (nSPS) is 11.1. The topological polar surface area (TPSA) is 127 Å². The summed E-state index contributed by atoms with van der Waals surface area (Å²) in [7, 11) is 1.86. The Hall–Kier alpha value is -4.18. The zero-order valence-electron chi connectivity index (χ0n) is 17.0. The molecule has 5 rings (SSSR count). The van der Waals surface area contributed by atoms with Gasteiger partial charge in [0.1, 0.15) is 5.65 Å². The van der Waals surface area contributed by atoms with Crippen LogP contribution in [0.15, 0.2) is 53.5 Å². The van der Waals surface area contributed by atoms with E-state index in [0.717, 1.165) is 22.1 Å². The Kier molecular flexibility index (Phi) is 4.83. The third-order valence-corrected chi connectivity index (χ3v) is 5.07. The van der Waals surface area contributed by atoms with Gasteiger partial charge in [-0.3, -0.25) is 9.48 Å². The second-order valence-corrected chi connectivity index (χ2v) is 7.55. The van der Waals surface area contributed by atoms with E-state index in [4.69, 9.17) is 16.0 Å². The molecular weight excluding hydrogens is 432 g/mol. The Morgan fingerprint density at radius 1 is 1.19 bits per heavy atom. The number of H-pyrrole nitrogens is 1. The first-order valence-electron chi connectivity index (χ1n) is 9.60. The number of aromatic amines is 1. The molecule has 1 amide bonds. The van der Waals surface area contributed by atoms with Gasteiger partial charge < -0.3 is 20.0 Å². The number of pyridine rings is 1. The fourth-order valence-corrected chi connectivity index (χ4v) is 3.53. The van der Waals surface area contributed by atoms with Gasteiger partial charge in [0.25, 0.3) is 5.89 Å². The predicted molar refractivity (Wildman–Crippen MR) is 121 cm³/mol. The summed E-state index contributed by atoms with van der Waals surface area (Å²) in [5.41, 5.74) is 4.47. The van der Waals surface area contributed by atoms with Crippen LogP contribution in [0.1, 0.15) is 6.92 Å². The summed E-state index contributed by atoms with van der Waals surface area (Å²) >= 11 is 6.30. The van der Waals surface area contributed by atoms with E-state index >= 15 is 0 Å². The first kappa shape index (κ1) is 19.8. The van der Waals surface area contributed by atoms with Gasteiger partial charge in [-0.15, -0.1) is 5.10 Å². The van der Waals surface area contributed by atoms with Gasteiger partial charge >= 0.3 is 6.01 Å². The molecule has 0 bridgehead atoms. The van der Waals surface area contributed by atoms with Crippen LogP contribution in [0.2, 0.25) is 5.02 Å². The number of halogens is 1. The van der Waals surface area contributed by atoms with Crippen molar-refractivity contribution < 1.29 is 9.21 Å². The van der Waals surface area contributed by atoms with Crippen LogP contribution < -0.4 is 10.6 Å². The third kappa shape index (κ3) is 3.79. The van der Waals surface area contributed by atoms with E-state index < -0.39 is 0 Å². The highest BCUT2D eigenvalue weighted by molar-refractivity contribution is 6.33. The molecule has 0 spiro atoms. The van der Waals surface area contributed by atoms with Crippen molar-refractivity contribution in [1.82, 2.24) is 29.9 Å². The molecule has 0 fully saturated rings. The van der Waals surface area contributed by atoms with E-state index in [-0.39, 0.29) is 11.9 Å². The first-order chi connectivity index (χ1) is 15.5. The number of carbonyl (C=O) groups excluding carboxylic acids is 1. The number of hydrogen-bond acceptors (Lipinski definition) is 7. The van der Waals surface area contributed by atoms with Crippen LogP contribution in [0.4, 0.5) is 17.4 Å². The minimum absolute atomic E-state index is 0.178. The van der Waals surface area contributed by atoms with Crippen molar-refractivity contribution in [3.8, 4) is 22.6 Å². The van der Waals surface area contributed by atoms with Crippen molar-refractivity contribution in [3.63, 3.8) is 0 Å². The quantitative estimate of drug-likeness (QED) is 0.364. The van der Waals surface area contributed by atoms with E-state index in [2.05, 4.69) is 35.9 Å². The van der Waals surface area contributed by atoms with Crippen LogP contribution in [0.3, 0.4) is 0 Å². The highest BCUT2D eigenvalue weighted by atomic mass is 35.5. The number of carbonyl (C=O) groups is 1. The maximum Gasteiger partial charge on any atom is 0.320 e. The highest BCUT2D eigenvalue weighted by Gasteiger charge is 2.16. The molecule has 4 heterocycles. The van der Waals surface area contributed by atoms with Crippen LogP contribution in [-0.4, -0.2) is 35.9 Å². The summed E-state index contributed by atoms with van der Waals surface area (Å²) in [6, 6.07) is 7.25. The number of nitrogens with zero attached hydrogens (tertiary/aromatic N) is 5. The molecule has 5 aromatic rings. The van der Waals surface area contributed by atoms with Gasteiger partial charge in [-0.25, -0.2) is 4.98 Å². The summed E-state index contributed by atoms with van der Waals surface area (Å²) in [6.07, 6.45) is 7.26. The number of rotatable bonds is 5. The number of nitrogens with one attached hydrogen (secondary N) is 3. The number of aromatic nitrogens is 6. The number of benzene rings is 1. The molecule has 0 radical (unpaired) electrons. The van der Waals surface area contributed by atoms with Crippen LogP contribution in [0.5, 0.6) is 0 Å². The molecule has 0 atom stereocenters. The lowest BCUT2D eigenvalue weighted by Gasteiger charge is -2.07. The molecule has 0 aliphatic heterocycles. The fraction of sp³-hybridized carbons (Fsp3) is 0.0952. The molecule has 11 heteroatoms. The van der Waals surface area contributed by atoms with Gasteiger partial charge in [0, 0.05) is 54.8 Å². The van der Waals surface area contributed by atoms with Crippen molar-refractivity contribution in [2.24, 2.45) is 7.05 Å². The molecule has 3 N–H and O–H groups in total. The van der Waals surface area contributed by atoms with Gasteiger partial charge in [-0.2, -0.15) is 5.10 Å². The van der Waals surface area contributed by atoms with Crippen molar-refractivity contribution >= 4 is 45.9 Å². The monoisotopic (exact) mass is 448 g/mol. The van der Waals surface area contributed by atoms with E-state index in [9.17, 15) is 4.79 Å². The molecule has 0 unspecified atom stereocenters. The summed E-state index contributed by atoms with van der Waals surface area (Å²) in [5.74, 6) is 0.151. The van der Waals surface area contributed by atoms with Crippen LogP contribution in [0.25, 0.3) is 33.6 Å². The Balaban J connectivity index is 1.43. The number of fused-ring (bicyclic) bond motifs is 1. The standard InChI is InChI=1S/C21H17ClN8O2/c1-11(31)26-14-3-4-18(17(22)6-14)27-21-29-28-20(32-21)16-9-24-19-15(16)5-12(7-23-19)13-8-25-30(2)10-13/h3-10H,1-2H3,(H,23,24)(H,26,31)(H,27,29). The predicted octanol–water partition coefficient (Wildman–Crippen LogP) is 4.37. The second kappa shape index (κ2) is 7.82. The first-order valence-corrected chi connectivity index (χ1v) is 9.98. The van der Waals surface area contributed by atoms with E-state index in [1.165, 1.54) is 6.92 Å². The Labute approximate surface area is 186 Å². The molecule has 10 nitrogen and oxygen atoms in total. The summed E-state index contributed by atoms with van der Waals surface area (Å²) in [6.45, 7) is 1.43. The Morgan fingerprint density at radius 3 is 2.81 bits per heavy atom. The van der Waals surface area contributed by atoms with Crippen molar-refractivity contribution in [2.45, 2.75) is 6.92 Å². The molecule has 32 heavy (non-hydrogen) atoms. The molecule has 0 saturated heterocycles. The Morgan fingerprint density at radius 2 is 2.06 bits per heavy atom.